The molecule has 2 aromatic heterocycles. The Morgan fingerprint density at radius 2 is 2.20 bits per heavy atom. The van der Waals surface area contributed by atoms with Crippen molar-refractivity contribution < 1.29 is 14.1 Å². The predicted molar refractivity (Wildman–Crippen MR) is 97.2 cm³/mol. The molecule has 2 heterocycles. The number of amides is 1. The molecule has 25 heavy (non-hydrogen) atoms. The number of hydrogen-bond acceptors (Lipinski definition) is 6. The fourth-order valence-corrected chi connectivity index (χ4v) is 3.41. The van der Waals surface area contributed by atoms with Crippen molar-refractivity contribution in [1.29, 1.82) is 0 Å². The van der Waals surface area contributed by atoms with Crippen molar-refractivity contribution in [2.24, 2.45) is 0 Å². The van der Waals surface area contributed by atoms with Gasteiger partial charge in [-0.3, -0.25) is 10.1 Å². The van der Waals surface area contributed by atoms with Gasteiger partial charge in [-0.25, -0.2) is 4.98 Å². The maximum atomic E-state index is 12.5. The number of carbonyl (C=O) groups excluding carboxylic acids is 1. The van der Waals surface area contributed by atoms with Crippen LogP contribution < -0.4 is 5.32 Å². The number of nitrogens with one attached hydrogen (secondary N) is 1. The average molecular weight is 378 g/mol. The van der Waals surface area contributed by atoms with E-state index in [1.165, 1.54) is 11.3 Å². The van der Waals surface area contributed by atoms with E-state index in [-0.39, 0.29) is 18.2 Å². The molecule has 0 saturated carbocycles. The van der Waals surface area contributed by atoms with Crippen LogP contribution in [0.3, 0.4) is 0 Å². The first-order valence-corrected chi connectivity index (χ1v) is 8.68. The smallest absolute Gasteiger partial charge is 0.280 e. The first kappa shape index (κ1) is 17.6. The summed E-state index contributed by atoms with van der Waals surface area (Å²) in [5, 5.41) is 7.72. The van der Waals surface area contributed by atoms with E-state index in [2.05, 4.69) is 15.5 Å². The number of methoxy groups -OCH3 is 1. The van der Waals surface area contributed by atoms with Crippen LogP contribution in [0.4, 0.5) is 5.13 Å². The SMILES string of the molecule is COCc1c(C(=O)Nc2nc(-c3cccc(Cl)c3)c(C)s2)noc1C. The van der Waals surface area contributed by atoms with Crippen molar-refractivity contribution in [3.05, 3.63) is 51.2 Å². The maximum absolute atomic E-state index is 12.5. The van der Waals surface area contributed by atoms with Gasteiger partial charge >= 0.3 is 0 Å². The van der Waals surface area contributed by atoms with Gasteiger partial charge < -0.3 is 9.26 Å². The highest BCUT2D eigenvalue weighted by Crippen LogP contribution is 2.32. The van der Waals surface area contributed by atoms with Crippen LogP contribution in [0.1, 0.15) is 26.7 Å². The van der Waals surface area contributed by atoms with Gasteiger partial charge in [0.25, 0.3) is 5.91 Å². The van der Waals surface area contributed by atoms with Crippen molar-refractivity contribution in [3.8, 4) is 11.3 Å². The molecule has 0 aliphatic rings. The number of aryl methyl sites for hydroxylation is 2. The minimum atomic E-state index is -0.379. The summed E-state index contributed by atoms with van der Waals surface area (Å²) in [6.45, 7) is 3.94. The standard InChI is InChI=1S/C17H16ClN3O3S/c1-9-13(8-23-3)15(21-24-9)16(22)20-17-19-14(10(2)25-17)11-5-4-6-12(18)7-11/h4-7H,8H2,1-3H3,(H,19,20,22). The summed E-state index contributed by atoms with van der Waals surface area (Å²) in [4.78, 5) is 18.0. The van der Waals surface area contributed by atoms with Crippen LogP contribution >= 0.6 is 22.9 Å². The highest BCUT2D eigenvalue weighted by atomic mass is 35.5. The van der Waals surface area contributed by atoms with Crippen molar-refractivity contribution >= 4 is 34.0 Å². The zero-order chi connectivity index (χ0) is 18.0. The summed E-state index contributed by atoms with van der Waals surface area (Å²) >= 11 is 7.43. The molecule has 0 aliphatic heterocycles. The Labute approximate surface area is 153 Å². The molecule has 1 aromatic carbocycles. The Balaban J connectivity index is 1.85. The summed E-state index contributed by atoms with van der Waals surface area (Å²) in [5.74, 6) is 0.178. The largest absolute Gasteiger partial charge is 0.380 e. The number of ether oxygens (including phenoxy) is 1. The lowest BCUT2D eigenvalue weighted by Crippen LogP contribution is -2.14. The Hall–Kier alpha value is -2.22. The molecular weight excluding hydrogens is 362 g/mol. The summed E-state index contributed by atoms with van der Waals surface area (Å²) in [6, 6.07) is 7.44. The molecule has 8 heteroatoms. The molecule has 0 spiro atoms. The van der Waals surface area contributed by atoms with E-state index in [1.54, 1.807) is 20.1 Å². The Morgan fingerprint density at radius 1 is 1.40 bits per heavy atom. The zero-order valence-electron chi connectivity index (χ0n) is 13.9. The van der Waals surface area contributed by atoms with E-state index in [1.807, 2.05) is 25.1 Å². The van der Waals surface area contributed by atoms with E-state index in [0.29, 0.717) is 21.5 Å². The number of thiazole rings is 1. The summed E-state index contributed by atoms with van der Waals surface area (Å²) in [5.41, 5.74) is 2.52. The molecule has 0 unspecified atom stereocenters. The Kier molecular flexibility index (Phi) is 5.17. The van der Waals surface area contributed by atoms with Crippen LogP contribution in [0, 0.1) is 13.8 Å². The number of nitrogens with zero attached hydrogens (tertiary/aromatic N) is 2. The van der Waals surface area contributed by atoms with Gasteiger partial charge in [-0.15, -0.1) is 11.3 Å². The molecule has 1 amide bonds. The monoisotopic (exact) mass is 377 g/mol. The van der Waals surface area contributed by atoms with Crippen LogP contribution in [0.2, 0.25) is 5.02 Å². The molecule has 1 N–H and O–H groups in total. The van der Waals surface area contributed by atoms with Gasteiger partial charge in [0.1, 0.15) is 5.76 Å². The molecule has 3 aromatic rings. The van der Waals surface area contributed by atoms with Gasteiger partial charge in [0, 0.05) is 22.6 Å². The van der Waals surface area contributed by atoms with Crippen molar-refractivity contribution in [2.45, 2.75) is 20.5 Å². The molecule has 0 fully saturated rings. The number of hydrogen-bond donors (Lipinski definition) is 1. The maximum Gasteiger partial charge on any atom is 0.280 e. The fraction of sp³-hybridized carbons (Fsp3) is 0.235. The number of benzene rings is 1. The number of aromatic nitrogens is 2. The Bertz CT molecular complexity index is 920. The van der Waals surface area contributed by atoms with Crippen LogP contribution in [-0.2, 0) is 11.3 Å². The number of halogens is 1. The second kappa shape index (κ2) is 7.35. The van der Waals surface area contributed by atoms with Crippen molar-refractivity contribution in [2.75, 3.05) is 12.4 Å². The molecule has 0 radical (unpaired) electrons. The number of anilines is 1. The normalized spacial score (nSPS) is 10.9. The fourth-order valence-electron chi connectivity index (χ4n) is 2.39. The molecule has 6 nitrogen and oxygen atoms in total. The Morgan fingerprint density at radius 3 is 2.92 bits per heavy atom. The lowest BCUT2D eigenvalue weighted by molar-refractivity contribution is 0.101. The number of carbonyl (C=O) groups is 1. The van der Waals surface area contributed by atoms with Gasteiger partial charge in [0.15, 0.2) is 10.8 Å². The van der Waals surface area contributed by atoms with Gasteiger partial charge in [0.05, 0.1) is 17.9 Å². The molecule has 0 atom stereocenters. The van der Waals surface area contributed by atoms with Gasteiger partial charge in [0.2, 0.25) is 0 Å². The van der Waals surface area contributed by atoms with E-state index < -0.39 is 0 Å². The van der Waals surface area contributed by atoms with E-state index >= 15 is 0 Å². The molecular formula is C17H16ClN3O3S. The van der Waals surface area contributed by atoms with E-state index in [9.17, 15) is 4.79 Å². The molecule has 0 aliphatic carbocycles. The second-order valence-electron chi connectivity index (χ2n) is 5.39. The second-order valence-corrected chi connectivity index (χ2v) is 7.03. The third kappa shape index (κ3) is 3.73. The molecule has 0 saturated heterocycles. The quantitative estimate of drug-likeness (QED) is 0.709. The predicted octanol–water partition coefficient (Wildman–Crippen LogP) is 4.47. The van der Waals surface area contributed by atoms with Crippen LogP contribution in [0.15, 0.2) is 28.8 Å². The minimum absolute atomic E-state index is 0.205. The topological polar surface area (TPSA) is 77.2 Å². The van der Waals surface area contributed by atoms with Gasteiger partial charge in [-0.1, -0.05) is 28.9 Å². The first-order chi connectivity index (χ1) is 12.0. The van der Waals surface area contributed by atoms with E-state index in [0.717, 1.165) is 16.1 Å². The first-order valence-electron chi connectivity index (χ1n) is 7.48. The van der Waals surface area contributed by atoms with Crippen molar-refractivity contribution in [3.63, 3.8) is 0 Å². The summed E-state index contributed by atoms with van der Waals surface area (Å²) in [7, 11) is 1.55. The summed E-state index contributed by atoms with van der Waals surface area (Å²) in [6.07, 6.45) is 0. The molecule has 0 bridgehead atoms. The highest BCUT2D eigenvalue weighted by Gasteiger charge is 2.21. The third-order valence-corrected chi connectivity index (χ3v) is 4.72. The van der Waals surface area contributed by atoms with Crippen molar-refractivity contribution in [1.82, 2.24) is 10.1 Å². The van der Waals surface area contributed by atoms with E-state index in [4.69, 9.17) is 20.9 Å². The van der Waals surface area contributed by atoms with Gasteiger partial charge in [-0.05, 0) is 26.0 Å². The third-order valence-electron chi connectivity index (χ3n) is 3.60. The minimum Gasteiger partial charge on any atom is -0.380 e. The lowest BCUT2D eigenvalue weighted by atomic mass is 10.1. The molecule has 3 rings (SSSR count). The molecule has 130 valence electrons. The van der Waals surface area contributed by atoms with Crippen LogP contribution in [-0.4, -0.2) is 23.2 Å². The summed E-state index contributed by atoms with van der Waals surface area (Å²) < 4.78 is 10.2. The van der Waals surface area contributed by atoms with Gasteiger partial charge in [-0.2, -0.15) is 0 Å². The number of rotatable bonds is 5. The zero-order valence-corrected chi connectivity index (χ0v) is 15.5. The van der Waals surface area contributed by atoms with Crippen LogP contribution in [0.25, 0.3) is 11.3 Å². The lowest BCUT2D eigenvalue weighted by Gasteiger charge is -2.01. The highest BCUT2D eigenvalue weighted by molar-refractivity contribution is 7.16. The average Bonchev–Trinajstić information content (AvgIpc) is 3.11. The van der Waals surface area contributed by atoms with Crippen LogP contribution in [0.5, 0.6) is 0 Å².